The molecule has 0 bridgehead atoms. The van der Waals surface area contributed by atoms with Crippen LogP contribution in [-0.2, 0) is 14.2 Å². The molecule has 0 N–H and O–H groups in total. The van der Waals surface area contributed by atoms with Crippen LogP contribution in [0.1, 0.15) is 51.9 Å². The number of rotatable bonds is 11. The summed E-state index contributed by atoms with van der Waals surface area (Å²) in [4.78, 5) is 0. The van der Waals surface area contributed by atoms with Crippen molar-refractivity contribution in [2.24, 2.45) is 5.92 Å². The minimum atomic E-state index is 0.0801. The van der Waals surface area contributed by atoms with Gasteiger partial charge in [0.1, 0.15) is 0 Å². The van der Waals surface area contributed by atoms with Crippen molar-refractivity contribution < 1.29 is 14.2 Å². The maximum absolute atomic E-state index is 6.19. The average molecular weight is 351 g/mol. The molecule has 1 fully saturated rings. The molecule has 1 rings (SSSR count). The van der Waals surface area contributed by atoms with Gasteiger partial charge in [-0.1, -0.05) is 35.7 Å². The first-order valence-electron chi connectivity index (χ1n) is 8.03. The van der Waals surface area contributed by atoms with Gasteiger partial charge in [0, 0.05) is 25.7 Å². The number of methoxy groups -OCH3 is 1. The summed E-state index contributed by atoms with van der Waals surface area (Å²) < 4.78 is 16.6. The fraction of sp³-hybridized carbons (Fsp3) is 1.00. The van der Waals surface area contributed by atoms with Crippen molar-refractivity contribution >= 4 is 15.9 Å². The smallest absolute Gasteiger partial charge is 0.0779 e. The summed E-state index contributed by atoms with van der Waals surface area (Å²) in [5.41, 5.74) is 0.0801. The standard InChI is InChI=1S/C16H31BrO3/c1-3-5-15-6-8-16(14-17,9-7-15)20-11-4-10-19-13-12-18-2/h15H,3-14H2,1-2H3. The van der Waals surface area contributed by atoms with E-state index in [1.807, 2.05) is 0 Å². The summed E-state index contributed by atoms with van der Waals surface area (Å²) >= 11 is 3.66. The van der Waals surface area contributed by atoms with Crippen molar-refractivity contribution in [1.29, 1.82) is 0 Å². The van der Waals surface area contributed by atoms with Crippen molar-refractivity contribution in [2.75, 3.05) is 38.9 Å². The average Bonchev–Trinajstić information content (AvgIpc) is 2.48. The first-order chi connectivity index (χ1) is 9.76. The second kappa shape index (κ2) is 11.0. The molecule has 0 heterocycles. The Labute approximate surface area is 132 Å². The van der Waals surface area contributed by atoms with Gasteiger partial charge in [0.15, 0.2) is 0 Å². The number of hydrogen-bond acceptors (Lipinski definition) is 3. The minimum Gasteiger partial charge on any atom is -0.382 e. The Kier molecular flexibility index (Phi) is 10.1. The van der Waals surface area contributed by atoms with E-state index in [4.69, 9.17) is 14.2 Å². The van der Waals surface area contributed by atoms with Crippen LogP contribution in [0.3, 0.4) is 0 Å². The van der Waals surface area contributed by atoms with E-state index in [0.717, 1.165) is 30.9 Å². The lowest BCUT2D eigenvalue weighted by molar-refractivity contribution is -0.0669. The van der Waals surface area contributed by atoms with Gasteiger partial charge < -0.3 is 14.2 Å². The topological polar surface area (TPSA) is 27.7 Å². The molecule has 4 heteroatoms. The Hall–Kier alpha value is 0.360. The molecule has 0 atom stereocenters. The molecule has 0 unspecified atom stereocenters. The predicted molar refractivity (Wildman–Crippen MR) is 86.7 cm³/mol. The summed E-state index contributed by atoms with van der Waals surface area (Å²) in [5, 5.41) is 0.962. The lowest BCUT2D eigenvalue weighted by Gasteiger charge is -2.39. The molecule has 3 nitrogen and oxygen atoms in total. The second-order valence-corrected chi connectivity index (χ2v) is 6.42. The van der Waals surface area contributed by atoms with Crippen molar-refractivity contribution in [3.05, 3.63) is 0 Å². The molecule has 0 spiro atoms. The fourth-order valence-corrected chi connectivity index (χ4v) is 3.63. The van der Waals surface area contributed by atoms with Gasteiger partial charge in [-0.05, 0) is 38.0 Å². The van der Waals surface area contributed by atoms with E-state index in [0.29, 0.717) is 13.2 Å². The monoisotopic (exact) mass is 350 g/mol. The normalized spacial score (nSPS) is 26.9. The second-order valence-electron chi connectivity index (χ2n) is 5.86. The zero-order valence-electron chi connectivity index (χ0n) is 13.2. The molecule has 20 heavy (non-hydrogen) atoms. The Morgan fingerprint density at radius 3 is 2.45 bits per heavy atom. The van der Waals surface area contributed by atoms with E-state index in [1.54, 1.807) is 7.11 Å². The van der Waals surface area contributed by atoms with Crippen molar-refractivity contribution in [1.82, 2.24) is 0 Å². The zero-order valence-corrected chi connectivity index (χ0v) is 14.8. The van der Waals surface area contributed by atoms with Crippen LogP contribution < -0.4 is 0 Å². The number of hydrogen-bond donors (Lipinski definition) is 0. The van der Waals surface area contributed by atoms with Crippen LogP contribution >= 0.6 is 15.9 Å². The van der Waals surface area contributed by atoms with Crippen LogP contribution in [0.2, 0.25) is 0 Å². The van der Waals surface area contributed by atoms with Gasteiger partial charge >= 0.3 is 0 Å². The van der Waals surface area contributed by atoms with E-state index in [9.17, 15) is 0 Å². The third-order valence-corrected chi connectivity index (χ3v) is 5.25. The molecule has 0 aromatic heterocycles. The highest BCUT2D eigenvalue weighted by Crippen LogP contribution is 2.38. The summed E-state index contributed by atoms with van der Waals surface area (Å²) in [6, 6.07) is 0. The van der Waals surface area contributed by atoms with Gasteiger partial charge in [0.05, 0.1) is 18.8 Å². The quantitative estimate of drug-likeness (QED) is 0.413. The van der Waals surface area contributed by atoms with Crippen LogP contribution in [0.25, 0.3) is 0 Å². The molecule has 1 aliphatic rings. The highest BCUT2D eigenvalue weighted by atomic mass is 79.9. The fourth-order valence-electron chi connectivity index (χ4n) is 2.91. The van der Waals surface area contributed by atoms with Gasteiger partial charge in [0.2, 0.25) is 0 Å². The van der Waals surface area contributed by atoms with Gasteiger partial charge in [0.25, 0.3) is 0 Å². The Balaban J connectivity index is 2.13. The molecular weight excluding hydrogens is 320 g/mol. The Bertz CT molecular complexity index is 228. The molecule has 0 amide bonds. The lowest BCUT2D eigenvalue weighted by atomic mass is 9.78. The SMILES string of the molecule is CCCC1CCC(CBr)(OCCCOCCOC)CC1. The predicted octanol–water partition coefficient (Wildman–Crippen LogP) is 4.18. The zero-order chi connectivity index (χ0) is 14.7. The maximum Gasteiger partial charge on any atom is 0.0779 e. The highest BCUT2D eigenvalue weighted by molar-refractivity contribution is 9.09. The molecular formula is C16H31BrO3. The van der Waals surface area contributed by atoms with Crippen LogP contribution in [0.15, 0.2) is 0 Å². The van der Waals surface area contributed by atoms with Crippen LogP contribution in [0, 0.1) is 5.92 Å². The third kappa shape index (κ3) is 6.88. The lowest BCUT2D eigenvalue weighted by Crippen LogP contribution is -2.39. The number of ether oxygens (including phenoxy) is 3. The Morgan fingerprint density at radius 2 is 1.85 bits per heavy atom. The first kappa shape index (κ1) is 18.4. The van der Waals surface area contributed by atoms with Crippen molar-refractivity contribution in [3.8, 4) is 0 Å². The summed E-state index contributed by atoms with van der Waals surface area (Å²) in [5.74, 6) is 0.924. The highest BCUT2D eigenvalue weighted by Gasteiger charge is 2.34. The molecule has 0 aromatic rings. The molecule has 0 saturated heterocycles. The molecule has 0 radical (unpaired) electrons. The Morgan fingerprint density at radius 1 is 1.10 bits per heavy atom. The molecule has 0 aromatic carbocycles. The van der Waals surface area contributed by atoms with Crippen LogP contribution in [0.4, 0.5) is 0 Å². The van der Waals surface area contributed by atoms with E-state index in [1.165, 1.54) is 38.5 Å². The van der Waals surface area contributed by atoms with Crippen molar-refractivity contribution in [2.45, 2.75) is 57.5 Å². The van der Waals surface area contributed by atoms with Crippen molar-refractivity contribution in [3.63, 3.8) is 0 Å². The van der Waals surface area contributed by atoms with Gasteiger partial charge in [-0.3, -0.25) is 0 Å². The third-order valence-electron chi connectivity index (χ3n) is 4.23. The van der Waals surface area contributed by atoms with E-state index in [2.05, 4.69) is 22.9 Å². The molecule has 0 aliphatic heterocycles. The van der Waals surface area contributed by atoms with Gasteiger partial charge in [-0.25, -0.2) is 0 Å². The maximum atomic E-state index is 6.19. The van der Waals surface area contributed by atoms with E-state index < -0.39 is 0 Å². The minimum absolute atomic E-state index is 0.0801. The molecule has 1 aliphatic carbocycles. The van der Waals surface area contributed by atoms with Crippen LogP contribution in [0.5, 0.6) is 0 Å². The van der Waals surface area contributed by atoms with Crippen LogP contribution in [-0.4, -0.2) is 44.5 Å². The summed E-state index contributed by atoms with van der Waals surface area (Å²) in [6.07, 6.45) is 8.71. The number of halogens is 1. The molecule has 1 saturated carbocycles. The molecule has 120 valence electrons. The summed E-state index contributed by atoms with van der Waals surface area (Å²) in [6.45, 7) is 5.20. The van der Waals surface area contributed by atoms with Gasteiger partial charge in [-0.2, -0.15) is 0 Å². The summed E-state index contributed by atoms with van der Waals surface area (Å²) in [7, 11) is 1.70. The van der Waals surface area contributed by atoms with E-state index in [-0.39, 0.29) is 5.60 Å². The number of alkyl halides is 1. The first-order valence-corrected chi connectivity index (χ1v) is 9.15. The van der Waals surface area contributed by atoms with E-state index >= 15 is 0 Å². The largest absolute Gasteiger partial charge is 0.382 e. The van der Waals surface area contributed by atoms with Gasteiger partial charge in [-0.15, -0.1) is 0 Å².